The van der Waals surface area contributed by atoms with Gasteiger partial charge >= 0.3 is 5.97 Å². The summed E-state index contributed by atoms with van der Waals surface area (Å²) in [6.07, 6.45) is 2.75. The summed E-state index contributed by atoms with van der Waals surface area (Å²) in [6.45, 7) is 0.574. The van der Waals surface area contributed by atoms with Crippen LogP contribution in [0, 0.1) is 0 Å². The number of carbonyl (C=O) groups is 1. The maximum Gasteiger partial charge on any atom is 0.328 e. The fourth-order valence-electron chi connectivity index (χ4n) is 1.95. The second kappa shape index (κ2) is 4.91. The highest BCUT2D eigenvalue weighted by atomic mass is 16.5. The standard InChI is InChI=1S/C13H14O4/c1-16-11-6-2-5-10-9(8-12(14)15)4-3-7-17-13(10)11/h2,5-6,8H,3-4,7H2,1H3,(H,14,15)/b9-8+. The molecule has 0 saturated carbocycles. The third-order valence-electron chi connectivity index (χ3n) is 2.68. The van der Waals surface area contributed by atoms with Gasteiger partial charge < -0.3 is 14.6 Å². The third kappa shape index (κ3) is 2.41. The highest BCUT2D eigenvalue weighted by Gasteiger charge is 2.18. The molecule has 0 atom stereocenters. The van der Waals surface area contributed by atoms with Crippen LogP contribution >= 0.6 is 0 Å². The van der Waals surface area contributed by atoms with Crippen molar-refractivity contribution in [2.24, 2.45) is 0 Å². The second-order valence-corrected chi connectivity index (χ2v) is 3.80. The molecular formula is C13H14O4. The molecule has 0 amide bonds. The Bertz CT molecular complexity index is 462. The molecular weight excluding hydrogens is 220 g/mol. The smallest absolute Gasteiger partial charge is 0.328 e. The van der Waals surface area contributed by atoms with Crippen LogP contribution in [0.25, 0.3) is 5.57 Å². The first-order chi connectivity index (χ1) is 8.22. The van der Waals surface area contributed by atoms with Crippen LogP contribution in [0.5, 0.6) is 11.5 Å². The number of carboxylic acid groups (broad SMARTS) is 1. The Kier molecular flexibility index (Phi) is 3.32. The maximum atomic E-state index is 10.8. The first-order valence-electron chi connectivity index (χ1n) is 5.46. The van der Waals surface area contributed by atoms with Crippen molar-refractivity contribution in [2.75, 3.05) is 13.7 Å². The third-order valence-corrected chi connectivity index (χ3v) is 2.68. The molecule has 0 radical (unpaired) electrons. The number of allylic oxidation sites excluding steroid dienone is 1. The molecule has 2 rings (SSSR count). The van der Waals surface area contributed by atoms with Crippen LogP contribution in [0.1, 0.15) is 18.4 Å². The van der Waals surface area contributed by atoms with E-state index in [4.69, 9.17) is 14.6 Å². The van der Waals surface area contributed by atoms with E-state index in [2.05, 4.69) is 0 Å². The summed E-state index contributed by atoms with van der Waals surface area (Å²) in [5.41, 5.74) is 1.59. The van der Waals surface area contributed by atoms with E-state index in [0.29, 0.717) is 24.5 Å². The van der Waals surface area contributed by atoms with Crippen LogP contribution in [0.15, 0.2) is 24.3 Å². The van der Waals surface area contributed by atoms with Gasteiger partial charge in [0.15, 0.2) is 11.5 Å². The normalized spacial score (nSPS) is 16.9. The van der Waals surface area contributed by atoms with Crippen LogP contribution < -0.4 is 9.47 Å². The Morgan fingerprint density at radius 1 is 1.53 bits per heavy atom. The van der Waals surface area contributed by atoms with Crippen molar-refractivity contribution >= 4 is 11.5 Å². The van der Waals surface area contributed by atoms with Gasteiger partial charge in [0, 0.05) is 11.6 Å². The summed E-state index contributed by atoms with van der Waals surface area (Å²) < 4.78 is 10.8. The number of hydrogen-bond donors (Lipinski definition) is 1. The Balaban J connectivity index is 2.53. The van der Waals surface area contributed by atoms with E-state index in [1.165, 1.54) is 6.08 Å². The zero-order valence-corrected chi connectivity index (χ0v) is 9.60. The van der Waals surface area contributed by atoms with Gasteiger partial charge in [0.1, 0.15) is 0 Å². The molecule has 0 fully saturated rings. The molecule has 4 heteroatoms. The Morgan fingerprint density at radius 3 is 3.06 bits per heavy atom. The molecule has 0 aliphatic carbocycles. The summed E-state index contributed by atoms with van der Waals surface area (Å²) in [5.74, 6) is 0.344. The molecule has 1 aromatic rings. The van der Waals surface area contributed by atoms with Crippen LogP contribution in [-0.4, -0.2) is 24.8 Å². The lowest BCUT2D eigenvalue weighted by Crippen LogP contribution is -1.97. The van der Waals surface area contributed by atoms with E-state index in [1.807, 2.05) is 18.2 Å². The average molecular weight is 234 g/mol. The predicted molar refractivity (Wildman–Crippen MR) is 63.3 cm³/mol. The number of rotatable bonds is 2. The summed E-state index contributed by atoms with van der Waals surface area (Å²) in [6, 6.07) is 5.50. The minimum Gasteiger partial charge on any atom is -0.493 e. The highest BCUT2D eigenvalue weighted by Crippen LogP contribution is 2.38. The molecule has 1 aromatic carbocycles. The molecule has 0 bridgehead atoms. The molecule has 1 heterocycles. The van der Waals surface area contributed by atoms with E-state index in [9.17, 15) is 4.79 Å². The van der Waals surface area contributed by atoms with Crippen molar-refractivity contribution in [1.82, 2.24) is 0 Å². The van der Waals surface area contributed by atoms with E-state index < -0.39 is 5.97 Å². The topological polar surface area (TPSA) is 55.8 Å². The number of carboxylic acids is 1. The lowest BCUT2D eigenvalue weighted by Gasteiger charge is -2.12. The number of aliphatic carboxylic acids is 1. The molecule has 1 aliphatic rings. The van der Waals surface area contributed by atoms with Crippen molar-refractivity contribution in [3.05, 3.63) is 29.8 Å². The number of fused-ring (bicyclic) bond motifs is 1. The van der Waals surface area contributed by atoms with Crippen molar-refractivity contribution in [2.45, 2.75) is 12.8 Å². The number of para-hydroxylation sites is 1. The monoisotopic (exact) mass is 234 g/mol. The minimum absolute atomic E-state index is 0.574. The van der Waals surface area contributed by atoms with Gasteiger partial charge in [-0.05, 0) is 24.5 Å². The molecule has 0 aromatic heterocycles. The number of benzene rings is 1. The van der Waals surface area contributed by atoms with Gasteiger partial charge in [0.05, 0.1) is 13.7 Å². The number of ether oxygens (including phenoxy) is 2. The van der Waals surface area contributed by atoms with Crippen molar-refractivity contribution in [3.63, 3.8) is 0 Å². The van der Waals surface area contributed by atoms with Gasteiger partial charge in [-0.15, -0.1) is 0 Å². The van der Waals surface area contributed by atoms with E-state index in [0.717, 1.165) is 17.6 Å². The summed E-state index contributed by atoms with van der Waals surface area (Å²) in [4.78, 5) is 10.8. The fourth-order valence-corrected chi connectivity index (χ4v) is 1.95. The van der Waals surface area contributed by atoms with Crippen molar-refractivity contribution < 1.29 is 19.4 Å². The van der Waals surface area contributed by atoms with Crippen molar-refractivity contribution in [1.29, 1.82) is 0 Å². The first-order valence-corrected chi connectivity index (χ1v) is 5.46. The van der Waals surface area contributed by atoms with Crippen LogP contribution in [-0.2, 0) is 4.79 Å². The van der Waals surface area contributed by atoms with Gasteiger partial charge in [-0.25, -0.2) is 4.79 Å². The Morgan fingerprint density at radius 2 is 2.35 bits per heavy atom. The van der Waals surface area contributed by atoms with Crippen LogP contribution in [0.3, 0.4) is 0 Å². The fraction of sp³-hybridized carbons (Fsp3) is 0.308. The number of methoxy groups -OCH3 is 1. The summed E-state index contributed by atoms with van der Waals surface area (Å²) >= 11 is 0. The molecule has 1 aliphatic heterocycles. The zero-order valence-electron chi connectivity index (χ0n) is 9.60. The van der Waals surface area contributed by atoms with Crippen LogP contribution in [0.2, 0.25) is 0 Å². The SMILES string of the molecule is COc1cccc2c1OCCC/C2=C\C(=O)O. The van der Waals surface area contributed by atoms with E-state index in [1.54, 1.807) is 7.11 Å². The van der Waals surface area contributed by atoms with Gasteiger partial charge in [-0.3, -0.25) is 0 Å². The van der Waals surface area contributed by atoms with Gasteiger partial charge in [-0.2, -0.15) is 0 Å². The number of hydrogen-bond acceptors (Lipinski definition) is 3. The first kappa shape index (κ1) is 11.5. The maximum absolute atomic E-state index is 10.8. The summed E-state index contributed by atoms with van der Waals surface area (Å²) in [5, 5.41) is 8.86. The zero-order chi connectivity index (χ0) is 12.3. The van der Waals surface area contributed by atoms with Crippen molar-refractivity contribution in [3.8, 4) is 11.5 Å². The molecule has 0 unspecified atom stereocenters. The molecule has 0 saturated heterocycles. The van der Waals surface area contributed by atoms with Gasteiger partial charge in [0.2, 0.25) is 0 Å². The predicted octanol–water partition coefficient (Wildman–Crippen LogP) is 2.34. The minimum atomic E-state index is -0.935. The quantitative estimate of drug-likeness (QED) is 0.798. The molecule has 90 valence electrons. The van der Waals surface area contributed by atoms with E-state index >= 15 is 0 Å². The Labute approximate surface area is 99.5 Å². The Hall–Kier alpha value is -1.97. The van der Waals surface area contributed by atoms with E-state index in [-0.39, 0.29) is 0 Å². The van der Waals surface area contributed by atoms with Gasteiger partial charge in [0.25, 0.3) is 0 Å². The largest absolute Gasteiger partial charge is 0.493 e. The lowest BCUT2D eigenvalue weighted by molar-refractivity contribution is -0.131. The molecule has 0 spiro atoms. The second-order valence-electron chi connectivity index (χ2n) is 3.80. The molecule has 17 heavy (non-hydrogen) atoms. The lowest BCUT2D eigenvalue weighted by atomic mass is 10.0. The summed E-state index contributed by atoms with van der Waals surface area (Å²) in [7, 11) is 1.57. The highest BCUT2D eigenvalue weighted by molar-refractivity contribution is 5.91. The molecule has 1 N–H and O–H groups in total. The average Bonchev–Trinajstić information content (AvgIpc) is 2.51. The van der Waals surface area contributed by atoms with Crippen LogP contribution in [0.4, 0.5) is 0 Å². The van der Waals surface area contributed by atoms with Gasteiger partial charge in [-0.1, -0.05) is 12.1 Å². The molecule has 4 nitrogen and oxygen atoms in total.